The molecule has 0 bridgehead atoms. The molecule has 3 rings (SSSR count). The van der Waals surface area contributed by atoms with Gasteiger partial charge in [-0.25, -0.2) is 0 Å². The summed E-state index contributed by atoms with van der Waals surface area (Å²) in [7, 11) is 0. The van der Waals surface area contributed by atoms with Gasteiger partial charge in [0, 0.05) is 17.2 Å². The minimum atomic E-state index is 0.281. The summed E-state index contributed by atoms with van der Waals surface area (Å²) in [6.45, 7) is 1.02. The van der Waals surface area contributed by atoms with Crippen LogP contribution in [0, 0.1) is 11.8 Å². The SMILES string of the molecule is BrC1CCCC1C1CCOC2(CCSC2)C1. The summed E-state index contributed by atoms with van der Waals surface area (Å²) in [6, 6.07) is 0. The Morgan fingerprint density at radius 3 is 2.88 bits per heavy atom. The summed E-state index contributed by atoms with van der Waals surface area (Å²) in [6.07, 6.45) is 8.22. The summed E-state index contributed by atoms with van der Waals surface area (Å²) in [5.74, 6) is 4.43. The van der Waals surface area contributed by atoms with E-state index in [4.69, 9.17) is 4.74 Å². The number of halogens is 1. The molecule has 4 unspecified atom stereocenters. The Morgan fingerprint density at radius 2 is 2.19 bits per heavy atom. The molecule has 92 valence electrons. The van der Waals surface area contributed by atoms with Crippen LogP contribution in [0.3, 0.4) is 0 Å². The molecule has 0 N–H and O–H groups in total. The quantitative estimate of drug-likeness (QED) is 0.681. The summed E-state index contributed by atoms with van der Waals surface area (Å²) < 4.78 is 6.12. The second kappa shape index (κ2) is 4.81. The molecule has 1 aliphatic carbocycles. The molecular weight excluding hydrogens is 284 g/mol. The van der Waals surface area contributed by atoms with E-state index >= 15 is 0 Å². The number of alkyl halides is 1. The van der Waals surface area contributed by atoms with Crippen LogP contribution in [0.25, 0.3) is 0 Å². The zero-order valence-electron chi connectivity index (χ0n) is 9.79. The standard InChI is InChI=1S/C13H21BrOS/c14-12-3-1-2-11(12)10-4-6-15-13(8-10)5-7-16-9-13/h10-12H,1-9H2. The van der Waals surface area contributed by atoms with E-state index in [-0.39, 0.29) is 5.60 Å². The van der Waals surface area contributed by atoms with E-state index in [0.29, 0.717) is 0 Å². The van der Waals surface area contributed by atoms with Crippen LogP contribution in [0.15, 0.2) is 0 Å². The van der Waals surface area contributed by atoms with Crippen LogP contribution in [0.4, 0.5) is 0 Å². The van der Waals surface area contributed by atoms with Crippen molar-refractivity contribution in [1.29, 1.82) is 0 Å². The van der Waals surface area contributed by atoms with Gasteiger partial charge in [-0.15, -0.1) is 0 Å². The minimum absolute atomic E-state index is 0.281. The van der Waals surface area contributed by atoms with Gasteiger partial charge in [-0.05, 0) is 49.7 Å². The molecule has 1 nitrogen and oxygen atoms in total. The topological polar surface area (TPSA) is 9.23 Å². The second-order valence-electron chi connectivity index (χ2n) is 5.70. The first kappa shape index (κ1) is 11.9. The van der Waals surface area contributed by atoms with Gasteiger partial charge in [0.1, 0.15) is 0 Å². The third-order valence-corrected chi connectivity index (χ3v) is 7.05. The van der Waals surface area contributed by atoms with E-state index in [2.05, 4.69) is 27.7 Å². The highest BCUT2D eigenvalue weighted by Gasteiger charge is 2.44. The van der Waals surface area contributed by atoms with Crippen LogP contribution < -0.4 is 0 Å². The lowest BCUT2D eigenvalue weighted by Gasteiger charge is -2.41. The van der Waals surface area contributed by atoms with E-state index in [1.165, 1.54) is 50.0 Å². The van der Waals surface area contributed by atoms with Gasteiger partial charge in [0.05, 0.1) is 5.60 Å². The van der Waals surface area contributed by atoms with Crippen molar-refractivity contribution in [2.24, 2.45) is 11.8 Å². The smallest absolute Gasteiger partial charge is 0.0783 e. The van der Waals surface area contributed by atoms with Gasteiger partial charge in [-0.3, -0.25) is 0 Å². The molecule has 0 radical (unpaired) electrons. The largest absolute Gasteiger partial charge is 0.374 e. The van der Waals surface area contributed by atoms with Gasteiger partial charge in [-0.1, -0.05) is 22.4 Å². The van der Waals surface area contributed by atoms with Gasteiger partial charge < -0.3 is 4.74 Å². The summed E-state index contributed by atoms with van der Waals surface area (Å²) in [5.41, 5.74) is 0.281. The van der Waals surface area contributed by atoms with E-state index < -0.39 is 0 Å². The van der Waals surface area contributed by atoms with Crippen molar-refractivity contribution in [3.8, 4) is 0 Å². The van der Waals surface area contributed by atoms with Crippen LogP contribution in [0.2, 0.25) is 0 Å². The molecule has 2 heterocycles. The first-order valence-corrected chi connectivity index (χ1v) is 8.72. The molecule has 16 heavy (non-hydrogen) atoms. The summed E-state index contributed by atoms with van der Waals surface area (Å²) in [5, 5.41) is 0. The molecule has 0 amide bonds. The van der Waals surface area contributed by atoms with Gasteiger partial charge in [0.25, 0.3) is 0 Å². The Bertz CT molecular complexity index is 252. The van der Waals surface area contributed by atoms with Gasteiger partial charge in [0.15, 0.2) is 0 Å². The van der Waals surface area contributed by atoms with E-state index in [0.717, 1.165) is 23.3 Å². The lowest BCUT2D eigenvalue weighted by molar-refractivity contribution is -0.0881. The Balaban J connectivity index is 1.67. The van der Waals surface area contributed by atoms with Crippen LogP contribution in [0.1, 0.15) is 38.5 Å². The van der Waals surface area contributed by atoms with Crippen molar-refractivity contribution >= 4 is 27.7 Å². The maximum Gasteiger partial charge on any atom is 0.0783 e. The highest BCUT2D eigenvalue weighted by Crippen LogP contribution is 2.47. The van der Waals surface area contributed by atoms with Gasteiger partial charge >= 0.3 is 0 Å². The van der Waals surface area contributed by atoms with E-state index in [1.54, 1.807) is 0 Å². The number of thioether (sulfide) groups is 1. The number of ether oxygens (including phenoxy) is 1. The molecular formula is C13H21BrOS. The number of hydrogen-bond acceptors (Lipinski definition) is 2. The Hall–Kier alpha value is 0.790. The summed E-state index contributed by atoms with van der Waals surface area (Å²) >= 11 is 5.98. The van der Waals surface area contributed by atoms with Crippen molar-refractivity contribution in [2.75, 3.05) is 18.1 Å². The molecule has 3 aliphatic rings. The molecule has 1 spiro atoms. The van der Waals surface area contributed by atoms with Gasteiger partial charge in [-0.2, -0.15) is 11.8 Å². The van der Waals surface area contributed by atoms with Crippen LogP contribution >= 0.6 is 27.7 Å². The fourth-order valence-electron chi connectivity index (χ4n) is 3.77. The molecule has 2 aliphatic heterocycles. The van der Waals surface area contributed by atoms with Crippen LogP contribution in [-0.4, -0.2) is 28.5 Å². The zero-order valence-corrected chi connectivity index (χ0v) is 12.2. The Morgan fingerprint density at radius 1 is 1.25 bits per heavy atom. The predicted molar refractivity (Wildman–Crippen MR) is 73.4 cm³/mol. The monoisotopic (exact) mass is 304 g/mol. The van der Waals surface area contributed by atoms with Crippen molar-refractivity contribution in [2.45, 2.75) is 49.0 Å². The first-order valence-electron chi connectivity index (χ1n) is 6.65. The zero-order chi connectivity index (χ0) is 11.0. The highest BCUT2D eigenvalue weighted by atomic mass is 79.9. The first-order chi connectivity index (χ1) is 7.79. The molecule has 2 saturated heterocycles. The lowest BCUT2D eigenvalue weighted by atomic mass is 9.77. The van der Waals surface area contributed by atoms with Crippen LogP contribution in [-0.2, 0) is 4.74 Å². The van der Waals surface area contributed by atoms with E-state index in [1.807, 2.05) is 0 Å². The molecule has 0 aromatic heterocycles. The Kier molecular flexibility index (Phi) is 3.57. The third kappa shape index (κ3) is 2.20. The van der Waals surface area contributed by atoms with Crippen molar-refractivity contribution < 1.29 is 4.74 Å². The van der Waals surface area contributed by atoms with Crippen molar-refractivity contribution in [3.63, 3.8) is 0 Å². The van der Waals surface area contributed by atoms with Crippen molar-refractivity contribution in [1.82, 2.24) is 0 Å². The highest BCUT2D eigenvalue weighted by molar-refractivity contribution is 9.09. The average molecular weight is 305 g/mol. The predicted octanol–water partition coefficient (Wildman–Crippen LogP) is 3.85. The average Bonchev–Trinajstić information content (AvgIpc) is 2.88. The second-order valence-corrected chi connectivity index (χ2v) is 7.98. The number of hydrogen-bond donors (Lipinski definition) is 0. The van der Waals surface area contributed by atoms with E-state index in [9.17, 15) is 0 Å². The fraction of sp³-hybridized carbons (Fsp3) is 1.00. The molecule has 4 atom stereocenters. The normalized spacial score (nSPS) is 48.9. The molecule has 0 aromatic carbocycles. The molecule has 3 heteroatoms. The van der Waals surface area contributed by atoms with Crippen LogP contribution in [0.5, 0.6) is 0 Å². The maximum atomic E-state index is 6.12. The van der Waals surface area contributed by atoms with Crippen molar-refractivity contribution in [3.05, 3.63) is 0 Å². The molecule has 1 saturated carbocycles. The van der Waals surface area contributed by atoms with Gasteiger partial charge in [0.2, 0.25) is 0 Å². The maximum absolute atomic E-state index is 6.12. The third-order valence-electron chi connectivity index (χ3n) is 4.69. The number of rotatable bonds is 1. The molecule has 3 fully saturated rings. The molecule has 0 aromatic rings. The Labute approximate surface area is 111 Å². The minimum Gasteiger partial charge on any atom is -0.374 e. The lowest BCUT2D eigenvalue weighted by Crippen LogP contribution is -2.42. The fourth-order valence-corrected chi connectivity index (χ4v) is 6.17. The summed E-state index contributed by atoms with van der Waals surface area (Å²) in [4.78, 5) is 0.793.